The van der Waals surface area contributed by atoms with E-state index in [1.54, 1.807) is 0 Å². The molecule has 3 rings (SSSR count). The first kappa shape index (κ1) is 19.4. The first-order chi connectivity index (χ1) is 11.2. The third kappa shape index (κ3) is 5.05. The van der Waals surface area contributed by atoms with Crippen molar-refractivity contribution >= 4 is 35.6 Å². The maximum atomic E-state index is 6.03. The molecule has 1 spiro atoms. The Balaban J connectivity index is 0.00000208. The van der Waals surface area contributed by atoms with Gasteiger partial charge in [0.05, 0.1) is 26.4 Å². The summed E-state index contributed by atoms with van der Waals surface area (Å²) in [6, 6.07) is 8.18. The minimum Gasteiger partial charge on any atom is -0.381 e. The molecule has 6 nitrogen and oxygen atoms in total. The number of nitrogens with zero attached hydrogens (tertiary/aromatic N) is 1. The SMILES string of the molecule is CCc1ccc(NC(N)=NCC2COC3(CCOCC3)O2)cc1.I. The fourth-order valence-electron chi connectivity index (χ4n) is 2.86. The van der Waals surface area contributed by atoms with Gasteiger partial charge in [0.2, 0.25) is 0 Å². The Bertz CT molecular complexity index is 545. The number of hydrogen-bond donors (Lipinski definition) is 2. The highest BCUT2D eigenvalue weighted by Crippen LogP contribution is 2.33. The van der Waals surface area contributed by atoms with E-state index in [0.29, 0.717) is 32.3 Å². The second-order valence-corrected chi connectivity index (χ2v) is 5.98. The van der Waals surface area contributed by atoms with E-state index >= 15 is 0 Å². The van der Waals surface area contributed by atoms with E-state index in [0.717, 1.165) is 24.9 Å². The number of rotatable bonds is 4. The molecule has 2 heterocycles. The topological polar surface area (TPSA) is 78.1 Å². The van der Waals surface area contributed by atoms with Crippen molar-refractivity contribution in [2.45, 2.75) is 38.1 Å². The fourth-order valence-corrected chi connectivity index (χ4v) is 2.86. The quantitative estimate of drug-likeness (QED) is 0.422. The number of ether oxygens (including phenoxy) is 3. The minimum absolute atomic E-state index is 0. The van der Waals surface area contributed by atoms with Crippen LogP contribution >= 0.6 is 24.0 Å². The van der Waals surface area contributed by atoms with Gasteiger partial charge >= 0.3 is 0 Å². The van der Waals surface area contributed by atoms with E-state index in [-0.39, 0.29) is 30.1 Å². The molecule has 134 valence electrons. The maximum absolute atomic E-state index is 6.03. The monoisotopic (exact) mass is 447 g/mol. The molecule has 3 N–H and O–H groups in total. The van der Waals surface area contributed by atoms with Crippen LogP contribution in [0, 0.1) is 0 Å². The molecule has 1 atom stereocenters. The molecule has 1 aromatic carbocycles. The number of nitrogens with two attached hydrogens (primary N) is 1. The summed E-state index contributed by atoms with van der Waals surface area (Å²) in [4.78, 5) is 4.37. The molecule has 2 aliphatic rings. The van der Waals surface area contributed by atoms with Crippen LogP contribution in [0.3, 0.4) is 0 Å². The Hall–Kier alpha value is -0.900. The summed E-state index contributed by atoms with van der Waals surface area (Å²) in [5, 5.41) is 3.10. The number of anilines is 1. The summed E-state index contributed by atoms with van der Waals surface area (Å²) in [6.45, 7) is 4.56. The lowest BCUT2D eigenvalue weighted by atomic mass is 10.1. The highest BCUT2D eigenvalue weighted by atomic mass is 127. The molecule has 0 amide bonds. The molecule has 0 saturated carbocycles. The van der Waals surface area contributed by atoms with E-state index < -0.39 is 5.79 Å². The van der Waals surface area contributed by atoms with Gasteiger partial charge in [-0.15, -0.1) is 24.0 Å². The number of nitrogens with one attached hydrogen (secondary N) is 1. The third-order valence-corrected chi connectivity index (χ3v) is 4.27. The van der Waals surface area contributed by atoms with Crippen LogP contribution in [0.25, 0.3) is 0 Å². The standard InChI is InChI=1S/C17H25N3O3.HI/c1-2-13-3-5-14(6-4-13)20-16(18)19-11-15-12-22-17(23-15)7-9-21-10-8-17;/h3-6,15H,2,7-12H2,1H3,(H3,18,19,20);1H. The van der Waals surface area contributed by atoms with Crippen molar-refractivity contribution in [3.8, 4) is 0 Å². The van der Waals surface area contributed by atoms with E-state index in [2.05, 4.69) is 29.4 Å². The van der Waals surface area contributed by atoms with Gasteiger partial charge in [0.15, 0.2) is 11.7 Å². The van der Waals surface area contributed by atoms with E-state index in [4.69, 9.17) is 19.9 Å². The zero-order chi connectivity index (χ0) is 16.1. The lowest BCUT2D eigenvalue weighted by Gasteiger charge is -2.31. The van der Waals surface area contributed by atoms with Crippen molar-refractivity contribution in [3.63, 3.8) is 0 Å². The van der Waals surface area contributed by atoms with Crippen molar-refractivity contribution < 1.29 is 14.2 Å². The van der Waals surface area contributed by atoms with Gasteiger partial charge in [0.25, 0.3) is 0 Å². The van der Waals surface area contributed by atoms with Gasteiger partial charge in [-0.25, -0.2) is 0 Å². The molecule has 1 unspecified atom stereocenters. The second-order valence-electron chi connectivity index (χ2n) is 5.98. The molecule has 0 bridgehead atoms. The van der Waals surface area contributed by atoms with Crippen molar-refractivity contribution in [2.75, 3.05) is 31.7 Å². The smallest absolute Gasteiger partial charge is 0.193 e. The maximum Gasteiger partial charge on any atom is 0.193 e. The van der Waals surface area contributed by atoms with Crippen molar-refractivity contribution in [2.24, 2.45) is 10.7 Å². The Morgan fingerprint density at radius 3 is 2.67 bits per heavy atom. The molecular weight excluding hydrogens is 421 g/mol. The Morgan fingerprint density at radius 1 is 1.29 bits per heavy atom. The van der Waals surface area contributed by atoms with Gasteiger partial charge in [0, 0.05) is 18.5 Å². The summed E-state index contributed by atoms with van der Waals surface area (Å²) in [5.74, 6) is -0.0675. The summed E-state index contributed by atoms with van der Waals surface area (Å²) in [5.41, 5.74) is 8.18. The average molecular weight is 447 g/mol. The molecule has 2 fully saturated rings. The first-order valence-electron chi connectivity index (χ1n) is 8.24. The van der Waals surface area contributed by atoms with Crippen molar-refractivity contribution in [1.82, 2.24) is 0 Å². The second kappa shape index (κ2) is 8.98. The molecule has 0 radical (unpaired) electrons. The molecule has 1 aromatic rings. The summed E-state index contributed by atoms with van der Waals surface area (Å²) in [7, 11) is 0. The Morgan fingerprint density at radius 2 is 2.00 bits per heavy atom. The lowest BCUT2D eigenvalue weighted by Crippen LogP contribution is -2.38. The normalized spacial score (nSPS) is 23.0. The van der Waals surface area contributed by atoms with E-state index in [1.807, 2.05) is 12.1 Å². The van der Waals surface area contributed by atoms with Crippen LogP contribution in [0.2, 0.25) is 0 Å². The minimum atomic E-state index is -0.462. The van der Waals surface area contributed by atoms with Crippen LogP contribution in [0.5, 0.6) is 0 Å². The zero-order valence-corrected chi connectivity index (χ0v) is 16.3. The third-order valence-electron chi connectivity index (χ3n) is 4.27. The summed E-state index contributed by atoms with van der Waals surface area (Å²) < 4.78 is 17.2. The van der Waals surface area contributed by atoms with Crippen LogP contribution in [-0.2, 0) is 20.6 Å². The largest absolute Gasteiger partial charge is 0.381 e. The van der Waals surface area contributed by atoms with Gasteiger partial charge in [-0.3, -0.25) is 4.99 Å². The number of guanidine groups is 1. The highest BCUT2D eigenvalue weighted by Gasteiger charge is 2.42. The first-order valence-corrected chi connectivity index (χ1v) is 8.24. The predicted octanol–water partition coefficient (Wildman–Crippen LogP) is 2.52. The number of benzene rings is 1. The highest BCUT2D eigenvalue weighted by molar-refractivity contribution is 14.0. The van der Waals surface area contributed by atoms with Crippen molar-refractivity contribution in [3.05, 3.63) is 29.8 Å². The molecule has 0 aliphatic carbocycles. The van der Waals surface area contributed by atoms with E-state index in [1.165, 1.54) is 5.56 Å². The number of aryl methyl sites for hydroxylation is 1. The van der Waals surface area contributed by atoms with Crippen LogP contribution in [0.1, 0.15) is 25.3 Å². The Labute approximate surface area is 160 Å². The van der Waals surface area contributed by atoms with Gasteiger partial charge in [-0.2, -0.15) is 0 Å². The van der Waals surface area contributed by atoms with Gasteiger partial charge in [0.1, 0.15) is 6.10 Å². The zero-order valence-electron chi connectivity index (χ0n) is 14.0. The summed E-state index contributed by atoms with van der Waals surface area (Å²) in [6.07, 6.45) is 2.54. The summed E-state index contributed by atoms with van der Waals surface area (Å²) >= 11 is 0. The van der Waals surface area contributed by atoms with Crippen LogP contribution < -0.4 is 11.1 Å². The predicted molar refractivity (Wildman–Crippen MR) is 105 cm³/mol. The van der Waals surface area contributed by atoms with Crippen LogP contribution in [0.15, 0.2) is 29.3 Å². The molecule has 2 aliphatic heterocycles. The van der Waals surface area contributed by atoms with E-state index in [9.17, 15) is 0 Å². The van der Waals surface area contributed by atoms with Crippen LogP contribution in [0.4, 0.5) is 5.69 Å². The molecule has 24 heavy (non-hydrogen) atoms. The van der Waals surface area contributed by atoms with Gasteiger partial charge < -0.3 is 25.3 Å². The fraction of sp³-hybridized carbons (Fsp3) is 0.588. The average Bonchev–Trinajstić information content (AvgIpc) is 2.97. The Kier molecular flexibility index (Phi) is 7.27. The number of halogens is 1. The van der Waals surface area contributed by atoms with Gasteiger partial charge in [-0.05, 0) is 24.1 Å². The lowest BCUT2D eigenvalue weighted by molar-refractivity contribution is -0.210. The molecule has 0 aromatic heterocycles. The van der Waals surface area contributed by atoms with Crippen LogP contribution in [-0.4, -0.2) is 44.2 Å². The van der Waals surface area contributed by atoms with Crippen molar-refractivity contribution in [1.29, 1.82) is 0 Å². The van der Waals surface area contributed by atoms with Gasteiger partial charge in [-0.1, -0.05) is 19.1 Å². The number of aliphatic imine (C=N–C) groups is 1. The number of hydrogen-bond acceptors (Lipinski definition) is 4. The molecular formula is C17H26IN3O3. The molecule has 2 saturated heterocycles. The molecule has 7 heteroatoms.